The average molecular weight is 211 g/mol. The van der Waals surface area contributed by atoms with Gasteiger partial charge in [0, 0.05) is 29.2 Å². The lowest BCUT2D eigenvalue weighted by Gasteiger charge is -2.07. The van der Waals surface area contributed by atoms with Crippen LogP contribution in [-0.2, 0) is 0 Å². The lowest BCUT2D eigenvalue weighted by atomic mass is 10.3. The van der Waals surface area contributed by atoms with Crippen LogP contribution < -0.4 is 0 Å². The molecule has 3 heteroatoms. The van der Waals surface area contributed by atoms with Crippen molar-refractivity contribution in [2.45, 2.75) is 13.8 Å². The van der Waals surface area contributed by atoms with Crippen molar-refractivity contribution in [2.24, 2.45) is 0 Å². The van der Waals surface area contributed by atoms with Gasteiger partial charge >= 0.3 is 0 Å². The molecule has 0 aromatic carbocycles. The maximum absolute atomic E-state index is 4.30. The molecule has 0 radical (unpaired) electrons. The van der Waals surface area contributed by atoms with E-state index in [4.69, 9.17) is 0 Å². The van der Waals surface area contributed by atoms with Gasteiger partial charge in [0.2, 0.25) is 0 Å². The first-order valence-corrected chi connectivity index (χ1v) is 5.35. The number of hydrogen-bond donors (Lipinski definition) is 1. The topological polar surface area (TPSA) is 33.6 Å². The number of fused-ring (bicyclic) bond motifs is 1. The highest BCUT2D eigenvalue weighted by molar-refractivity contribution is 5.85. The summed E-state index contributed by atoms with van der Waals surface area (Å²) >= 11 is 0. The minimum Gasteiger partial charge on any atom is -0.344 e. The van der Waals surface area contributed by atoms with Crippen LogP contribution in [0.4, 0.5) is 0 Å². The van der Waals surface area contributed by atoms with E-state index in [9.17, 15) is 0 Å². The van der Waals surface area contributed by atoms with Gasteiger partial charge in [0.25, 0.3) is 0 Å². The monoisotopic (exact) mass is 211 g/mol. The molecule has 0 unspecified atom stereocenters. The van der Waals surface area contributed by atoms with Crippen molar-refractivity contribution in [3.63, 3.8) is 0 Å². The number of nitrogens with zero attached hydrogens (tertiary/aromatic N) is 2. The normalized spacial score (nSPS) is 11.1. The highest BCUT2D eigenvalue weighted by Crippen LogP contribution is 2.23. The van der Waals surface area contributed by atoms with E-state index in [-0.39, 0.29) is 0 Å². The summed E-state index contributed by atoms with van der Waals surface area (Å²) < 4.78 is 2.24. The minimum atomic E-state index is 0.935. The highest BCUT2D eigenvalue weighted by Gasteiger charge is 2.09. The summed E-state index contributed by atoms with van der Waals surface area (Å²) in [5, 5.41) is 1.16. The molecule has 0 amide bonds. The van der Waals surface area contributed by atoms with Crippen molar-refractivity contribution in [3.05, 3.63) is 48.0 Å². The summed E-state index contributed by atoms with van der Waals surface area (Å²) in [7, 11) is 0. The number of H-pyrrole nitrogens is 1. The molecule has 0 aliphatic rings. The molecule has 0 spiro atoms. The van der Waals surface area contributed by atoms with Gasteiger partial charge in [0.1, 0.15) is 5.65 Å². The molecule has 0 atom stereocenters. The van der Waals surface area contributed by atoms with Crippen molar-refractivity contribution in [3.8, 4) is 5.69 Å². The Hall–Kier alpha value is -2.03. The second kappa shape index (κ2) is 3.23. The van der Waals surface area contributed by atoms with E-state index in [1.54, 1.807) is 6.20 Å². The predicted molar refractivity (Wildman–Crippen MR) is 64.9 cm³/mol. The van der Waals surface area contributed by atoms with Crippen LogP contribution in [0.1, 0.15) is 11.4 Å². The third-order valence-corrected chi connectivity index (χ3v) is 2.94. The van der Waals surface area contributed by atoms with Gasteiger partial charge in [-0.25, -0.2) is 4.98 Å². The molecule has 0 aliphatic carbocycles. The number of aryl methyl sites for hydroxylation is 2. The quantitative estimate of drug-likeness (QED) is 0.659. The number of aromatic nitrogens is 3. The average Bonchev–Trinajstić information content (AvgIpc) is 2.83. The maximum atomic E-state index is 4.30. The lowest BCUT2D eigenvalue weighted by molar-refractivity contribution is 0.973. The molecule has 0 bridgehead atoms. The van der Waals surface area contributed by atoms with E-state index in [1.807, 2.05) is 12.3 Å². The summed E-state index contributed by atoms with van der Waals surface area (Å²) in [6.07, 6.45) is 3.82. The molecular weight excluding hydrogens is 198 g/mol. The van der Waals surface area contributed by atoms with Crippen LogP contribution in [0, 0.1) is 13.8 Å². The molecule has 3 aromatic rings. The van der Waals surface area contributed by atoms with Gasteiger partial charge in [-0.05, 0) is 38.1 Å². The first-order chi connectivity index (χ1) is 7.77. The van der Waals surface area contributed by atoms with Gasteiger partial charge in [-0.15, -0.1) is 0 Å². The standard InChI is InChI=1S/C13H13N3/c1-9-5-6-10(2)16(9)12-8-15-13-11(12)4-3-7-14-13/h3-8H,1-2H3,(H,14,15). The molecule has 0 aliphatic heterocycles. The Morgan fingerprint density at radius 1 is 1.12 bits per heavy atom. The number of pyridine rings is 1. The highest BCUT2D eigenvalue weighted by atomic mass is 15.0. The van der Waals surface area contributed by atoms with Crippen LogP contribution in [-0.4, -0.2) is 14.5 Å². The molecule has 0 saturated carbocycles. The third-order valence-electron chi connectivity index (χ3n) is 2.94. The van der Waals surface area contributed by atoms with E-state index in [1.165, 1.54) is 17.1 Å². The van der Waals surface area contributed by atoms with E-state index in [0.29, 0.717) is 0 Å². The van der Waals surface area contributed by atoms with Gasteiger partial charge in [0.05, 0.1) is 5.69 Å². The van der Waals surface area contributed by atoms with Gasteiger partial charge in [-0.2, -0.15) is 0 Å². The third kappa shape index (κ3) is 1.18. The molecule has 3 aromatic heterocycles. The summed E-state index contributed by atoms with van der Waals surface area (Å²) in [6.45, 7) is 4.23. The minimum absolute atomic E-state index is 0.935. The van der Waals surface area contributed by atoms with Gasteiger partial charge in [-0.1, -0.05) is 0 Å². The van der Waals surface area contributed by atoms with Crippen molar-refractivity contribution < 1.29 is 0 Å². The second-order valence-electron chi connectivity index (χ2n) is 4.02. The maximum Gasteiger partial charge on any atom is 0.139 e. The molecule has 16 heavy (non-hydrogen) atoms. The van der Waals surface area contributed by atoms with Crippen LogP contribution in [0.15, 0.2) is 36.7 Å². The predicted octanol–water partition coefficient (Wildman–Crippen LogP) is 2.97. The number of rotatable bonds is 1. The van der Waals surface area contributed by atoms with Crippen LogP contribution in [0.5, 0.6) is 0 Å². The Morgan fingerprint density at radius 3 is 2.62 bits per heavy atom. The zero-order valence-corrected chi connectivity index (χ0v) is 9.36. The summed E-state index contributed by atoms with van der Waals surface area (Å²) in [4.78, 5) is 7.50. The summed E-state index contributed by atoms with van der Waals surface area (Å²) in [5.41, 5.74) is 4.58. The lowest BCUT2D eigenvalue weighted by Crippen LogP contribution is -1.97. The molecular formula is C13H13N3. The fourth-order valence-corrected chi connectivity index (χ4v) is 2.17. The Labute approximate surface area is 93.7 Å². The van der Waals surface area contributed by atoms with E-state index in [0.717, 1.165) is 11.0 Å². The fraction of sp³-hybridized carbons (Fsp3) is 0.154. The van der Waals surface area contributed by atoms with Crippen LogP contribution in [0.2, 0.25) is 0 Å². The SMILES string of the molecule is Cc1ccc(C)n1-c1c[nH]c2ncccc12. The van der Waals surface area contributed by atoms with Crippen molar-refractivity contribution in [1.29, 1.82) is 0 Å². The van der Waals surface area contributed by atoms with Crippen LogP contribution >= 0.6 is 0 Å². The fourth-order valence-electron chi connectivity index (χ4n) is 2.17. The van der Waals surface area contributed by atoms with Crippen LogP contribution in [0.3, 0.4) is 0 Å². The van der Waals surface area contributed by atoms with E-state index < -0.39 is 0 Å². The van der Waals surface area contributed by atoms with Crippen molar-refractivity contribution in [2.75, 3.05) is 0 Å². The number of nitrogens with one attached hydrogen (secondary N) is 1. The summed E-state index contributed by atoms with van der Waals surface area (Å²) in [5.74, 6) is 0. The van der Waals surface area contributed by atoms with Gasteiger partial charge in [-0.3, -0.25) is 0 Å². The van der Waals surface area contributed by atoms with E-state index in [2.05, 4.69) is 46.6 Å². The molecule has 3 heterocycles. The molecule has 80 valence electrons. The summed E-state index contributed by atoms with van der Waals surface area (Å²) in [6, 6.07) is 8.32. The molecule has 3 nitrogen and oxygen atoms in total. The van der Waals surface area contributed by atoms with Crippen molar-refractivity contribution in [1.82, 2.24) is 14.5 Å². The van der Waals surface area contributed by atoms with Gasteiger partial charge in [0.15, 0.2) is 0 Å². The first kappa shape index (κ1) is 9.21. The largest absolute Gasteiger partial charge is 0.344 e. The molecule has 3 rings (SSSR count). The Kier molecular flexibility index (Phi) is 1.86. The number of hydrogen-bond acceptors (Lipinski definition) is 1. The van der Waals surface area contributed by atoms with E-state index >= 15 is 0 Å². The Balaban J connectivity index is 2.35. The molecule has 0 saturated heterocycles. The second-order valence-corrected chi connectivity index (χ2v) is 4.02. The smallest absolute Gasteiger partial charge is 0.139 e. The Morgan fingerprint density at radius 2 is 1.88 bits per heavy atom. The number of aromatic amines is 1. The first-order valence-electron chi connectivity index (χ1n) is 5.35. The molecule has 1 N–H and O–H groups in total. The Bertz CT molecular complexity index is 627. The van der Waals surface area contributed by atoms with Crippen molar-refractivity contribution >= 4 is 11.0 Å². The van der Waals surface area contributed by atoms with Gasteiger partial charge < -0.3 is 9.55 Å². The molecule has 0 fully saturated rings. The zero-order valence-electron chi connectivity index (χ0n) is 9.36. The zero-order chi connectivity index (χ0) is 11.1. The van der Waals surface area contributed by atoms with Crippen LogP contribution in [0.25, 0.3) is 16.7 Å².